The molecule has 2 saturated heterocycles. The number of likely N-dealkylation sites (tertiary alicyclic amines) is 1. The van der Waals surface area contributed by atoms with E-state index >= 15 is 0 Å². The quantitative estimate of drug-likeness (QED) is 0.268. The van der Waals surface area contributed by atoms with Gasteiger partial charge >= 0.3 is 18.2 Å². The van der Waals surface area contributed by atoms with Gasteiger partial charge < -0.3 is 24.0 Å². The predicted octanol–water partition coefficient (Wildman–Crippen LogP) is 4.32. The predicted molar refractivity (Wildman–Crippen MR) is 176 cm³/mol. The summed E-state index contributed by atoms with van der Waals surface area (Å²) < 4.78 is 43.5. The first-order chi connectivity index (χ1) is 22.0. The summed E-state index contributed by atoms with van der Waals surface area (Å²) in [4.78, 5) is 49.1. The Labute approximate surface area is 276 Å². The summed E-state index contributed by atoms with van der Waals surface area (Å²) in [5.74, 6) is -0.321. The van der Waals surface area contributed by atoms with Crippen LogP contribution >= 0.6 is 0 Å². The third-order valence-corrected chi connectivity index (χ3v) is 8.57. The average Bonchev–Trinajstić information content (AvgIpc) is 2.98. The topological polar surface area (TPSA) is 159 Å². The molecule has 0 spiro atoms. The molecule has 14 nitrogen and oxygen atoms in total. The number of ether oxygens (including phenoxy) is 3. The van der Waals surface area contributed by atoms with E-state index in [1.165, 1.54) is 6.07 Å². The number of fused-ring (bicyclic) bond motifs is 1. The van der Waals surface area contributed by atoms with Crippen LogP contribution < -0.4 is 10.1 Å². The standard InChI is InChI=1S/C32H46N6O8S/c1-31(2,3)45-28(39)33-27(34-29(40)46-32(4,5)6)37-15-9-10-23(21-37)22-38(30(41)36-16-18-44-19-17-36)35-47(42,43)26-14-13-24-11-7-8-12-25(24)20-26/h7-8,11-14,20,23,35H,9-10,15-19,21-22H2,1-6H3,(H,33,34,39,40). The maximum absolute atomic E-state index is 13.8. The van der Waals surface area contributed by atoms with Gasteiger partial charge in [-0.25, -0.2) is 27.8 Å². The molecule has 2 aromatic carbocycles. The number of guanidine groups is 1. The van der Waals surface area contributed by atoms with Crippen LogP contribution in [-0.2, 0) is 24.2 Å². The number of nitrogens with zero attached hydrogens (tertiary/aromatic N) is 4. The molecule has 0 saturated carbocycles. The normalized spacial score (nSPS) is 18.1. The van der Waals surface area contributed by atoms with Gasteiger partial charge in [0.25, 0.3) is 10.0 Å². The third-order valence-electron chi connectivity index (χ3n) is 7.24. The minimum Gasteiger partial charge on any atom is -0.444 e. The smallest absolute Gasteiger partial charge is 0.437 e. The van der Waals surface area contributed by atoms with Gasteiger partial charge in [0.15, 0.2) is 0 Å². The number of hydrogen-bond donors (Lipinski definition) is 2. The van der Waals surface area contributed by atoms with Gasteiger partial charge in [0.05, 0.1) is 18.1 Å². The van der Waals surface area contributed by atoms with Crippen LogP contribution in [-0.4, -0.2) is 105 Å². The molecule has 2 aliphatic rings. The van der Waals surface area contributed by atoms with Gasteiger partial charge in [-0.3, -0.25) is 5.32 Å². The minimum atomic E-state index is -4.16. The highest BCUT2D eigenvalue weighted by atomic mass is 32.2. The molecule has 4 amide bonds. The number of benzene rings is 2. The summed E-state index contributed by atoms with van der Waals surface area (Å²) in [7, 11) is -4.16. The number of carbonyl (C=O) groups is 3. The Kier molecular flexibility index (Phi) is 11.4. The summed E-state index contributed by atoms with van der Waals surface area (Å²) in [6.07, 6.45) is -0.426. The van der Waals surface area contributed by atoms with E-state index < -0.39 is 39.4 Å². The zero-order valence-corrected chi connectivity index (χ0v) is 28.8. The highest BCUT2D eigenvalue weighted by molar-refractivity contribution is 7.89. The summed E-state index contributed by atoms with van der Waals surface area (Å²) in [5, 5.41) is 5.35. The number of carbonyl (C=O) groups excluding carboxylic acids is 3. The van der Waals surface area contributed by atoms with Crippen LogP contribution in [0.1, 0.15) is 54.4 Å². The second-order valence-electron chi connectivity index (χ2n) is 13.6. The molecule has 2 aliphatic heterocycles. The summed E-state index contributed by atoms with van der Waals surface area (Å²) in [6, 6.07) is 11.7. The third kappa shape index (κ3) is 10.8. The molecule has 15 heteroatoms. The number of aliphatic imine (C=N–C) groups is 1. The molecule has 1 unspecified atom stereocenters. The van der Waals surface area contributed by atoms with Crippen molar-refractivity contribution in [1.29, 1.82) is 0 Å². The van der Waals surface area contributed by atoms with Gasteiger partial charge in [-0.15, -0.1) is 9.82 Å². The number of nitrogens with one attached hydrogen (secondary N) is 2. The summed E-state index contributed by atoms with van der Waals surface area (Å²) in [6.45, 7) is 12.3. The number of hydrogen-bond acceptors (Lipinski definition) is 8. The second kappa shape index (κ2) is 14.9. The Morgan fingerprint density at radius 3 is 2.26 bits per heavy atom. The molecule has 47 heavy (non-hydrogen) atoms. The molecule has 2 aromatic rings. The molecule has 1 atom stereocenters. The van der Waals surface area contributed by atoms with Crippen LogP contribution in [0.5, 0.6) is 0 Å². The second-order valence-corrected chi connectivity index (χ2v) is 15.3. The lowest BCUT2D eigenvalue weighted by Gasteiger charge is -2.38. The first kappa shape index (κ1) is 35.9. The van der Waals surface area contributed by atoms with E-state index in [0.717, 1.165) is 15.8 Å². The Morgan fingerprint density at radius 1 is 0.936 bits per heavy atom. The highest BCUT2D eigenvalue weighted by Crippen LogP contribution is 2.22. The lowest BCUT2D eigenvalue weighted by atomic mass is 9.98. The van der Waals surface area contributed by atoms with Crippen molar-refractivity contribution in [2.24, 2.45) is 10.9 Å². The van der Waals surface area contributed by atoms with Crippen LogP contribution in [0.3, 0.4) is 0 Å². The fourth-order valence-corrected chi connectivity index (χ4v) is 6.30. The van der Waals surface area contributed by atoms with Crippen molar-refractivity contribution in [3.63, 3.8) is 0 Å². The Balaban J connectivity index is 1.58. The van der Waals surface area contributed by atoms with Crippen molar-refractivity contribution in [3.8, 4) is 0 Å². The van der Waals surface area contributed by atoms with Gasteiger partial charge in [-0.2, -0.15) is 0 Å². The van der Waals surface area contributed by atoms with Crippen LogP contribution in [0.25, 0.3) is 10.8 Å². The van der Waals surface area contributed by atoms with Crippen molar-refractivity contribution >= 4 is 45.0 Å². The molecule has 2 N–H and O–H groups in total. The number of sulfonamides is 1. The maximum atomic E-state index is 13.8. The molecule has 4 rings (SSSR count). The fraction of sp³-hybridized carbons (Fsp3) is 0.562. The van der Waals surface area contributed by atoms with E-state index in [-0.39, 0.29) is 29.9 Å². The largest absolute Gasteiger partial charge is 0.444 e. The lowest BCUT2D eigenvalue weighted by molar-refractivity contribution is 0.0382. The zero-order valence-electron chi connectivity index (χ0n) is 27.9. The van der Waals surface area contributed by atoms with Gasteiger partial charge in [0.1, 0.15) is 11.2 Å². The molecule has 0 bridgehead atoms. The van der Waals surface area contributed by atoms with Gasteiger partial charge in [0, 0.05) is 32.7 Å². The molecule has 258 valence electrons. The zero-order chi connectivity index (χ0) is 34.4. The molecular formula is C32H46N6O8S. The molecule has 0 aliphatic carbocycles. The van der Waals surface area contributed by atoms with Crippen molar-refractivity contribution in [2.45, 2.75) is 70.5 Å². The molecule has 2 heterocycles. The molecule has 0 radical (unpaired) electrons. The molecule has 0 aromatic heterocycles. The first-order valence-electron chi connectivity index (χ1n) is 15.7. The van der Waals surface area contributed by atoms with E-state index in [0.29, 0.717) is 45.7 Å². The molecule has 2 fully saturated rings. The van der Waals surface area contributed by atoms with E-state index in [1.807, 2.05) is 24.3 Å². The number of morpholine rings is 1. The van der Waals surface area contributed by atoms with E-state index in [4.69, 9.17) is 14.2 Å². The van der Waals surface area contributed by atoms with Gasteiger partial charge in [0.2, 0.25) is 5.96 Å². The van der Waals surface area contributed by atoms with Gasteiger partial charge in [-0.05, 0) is 83.2 Å². The number of hydrazine groups is 1. The SMILES string of the molecule is CC(C)(C)OC(=O)/N=C(\NC(=O)OC(C)(C)C)N1CCCC(CN(NS(=O)(=O)c2ccc3ccccc3c2)C(=O)N2CCOCC2)C1. The number of urea groups is 1. The van der Waals surface area contributed by atoms with E-state index in [9.17, 15) is 22.8 Å². The maximum Gasteiger partial charge on any atom is 0.437 e. The number of rotatable bonds is 5. The minimum absolute atomic E-state index is 0.0195. The fourth-order valence-electron chi connectivity index (χ4n) is 5.22. The van der Waals surface area contributed by atoms with Crippen molar-refractivity contribution in [3.05, 3.63) is 42.5 Å². The number of alkyl carbamates (subject to hydrolysis) is 1. The first-order valence-corrected chi connectivity index (χ1v) is 17.2. The molecular weight excluding hydrogens is 628 g/mol. The Hall–Kier alpha value is -3.95. The highest BCUT2D eigenvalue weighted by Gasteiger charge is 2.33. The summed E-state index contributed by atoms with van der Waals surface area (Å²) in [5.41, 5.74) is -1.61. The van der Waals surface area contributed by atoms with Crippen molar-refractivity contribution < 1.29 is 37.0 Å². The summed E-state index contributed by atoms with van der Waals surface area (Å²) >= 11 is 0. The Morgan fingerprint density at radius 2 is 1.60 bits per heavy atom. The lowest BCUT2D eigenvalue weighted by Crippen LogP contribution is -2.57. The van der Waals surface area contributed by atoms with Crippen LogP contribution in [0.4, 0.5) is 14.4 Å². The number of piperidine rings is 1. The van der Waals surface area contributed by atoms with Crippen LogP contribution in [0.15, 0.2) is 52.4 Å². The van der Waals surface area contributed by atoms with E-state index in [2.05, 4.69) is 15.1 Å². The van der Waals surface area contributed by atoms with Crippen molar-refractivity contribution in [1.82, 2.24) is 25.0 Å². The van der Waals surface area contributed by atoms with Gasteiger partial charge in [-0.1, -0.05) is 30.3 Å². The number of amides is 4. The van der Waals surface area contributed by atoms with Crippen LogP contribution in [0, 0.1) is 5.92 Å². The Bertz CT molecular complexity index is 1580. The average molecular weight is 675 g/mol. The van der Waals surface area contributed by atoms with Crippen molar-refractivity contribution in [2.75, 3.05) is 45.9 Å². The monoisotopic (exact) mass is 674 g/mol. The van der Waals surface area contributed by atoms with Crippen LogP contribution in [0.2, 0.25) is 0 Å². The van der Waals surface area contributed by atoms with E-state index in [1.54, 1.807) is 63.5 Å².